The smallest absolute Gasteiger partial charge is 0.337 e. The Kier molecular flexibility index (Phi) is 4.76. The van der Waals surface area contributed by atoms with Crippen LogP contribution in [-0.2, 0) is 19.3 Å². The maximum atomic E-state index is 11.5. The van der Waals surface area contributed by atoms with Gasteiger partial charge in [-0.3, -0.25) is 0 Å². The van der Waals surface area contributed by atoms with Gasteiger partial charge < -0.3 is 14.7 Å². The van der Waals surface area contributed by atoms with E-state index in [1.165, 1.54) is 0 Å². The molecular weight excluding hydrogens is 212 g/mol. The van der Waals surface area contributed by atoms with E-state index in [9.17, 15) is 4.79 Å². The summed E-state index contributed by atoms with van der Waals surface area (Å²) >= 11 is 0. The molecule has 2 unspecified atom stereocenters. The highest BCUT2D eigenvalue weighted by molar-refractivity contribution is 5.88. The summed E-state index contributed by atoms with van der Waals surface area (Å²) in [6.07, 6.45) is 0.235. The van der Waals surface area contributed by atoms with E-state index in [1.807, 2.05) is 6.92 Å². The average Bonchev–Trinajstić information content (AvgIpc) is 2.10. The summed E-state index contributed by atoms with van der Waals surface area (Å²) in [4.78, 5) is 20.6. The molecule has 5 nitrogen and oxygen atoms in total. The molecule has 92 valence electrons. The number of carbonyl (C=O) groups excluding carboxylic acids is 1. The first kappa shape index (κ1) is 13.0. The van der Waals surface area contributed by atoms with Crippen LogP contribution < -0.4 is 0 Å². The molecule has 0 aromatic carbocycles. The second kappa shape index (κ2) is 5.86. The third-order valence-corrected chi connectivity index (χ3v) is 2.32. The van der Waals surface area contributed by atoms with Crippen molar-refractivity contribution in [3.8, 4) is 0 Å². The van der Waals surface area contributed by atoms with Crippen molar-refractivity contribution >= 4 is 5.97 Å². The first-order valence-corrected chi connectivity index (χ1v) is 5.35. The van der Waals surface area contributed by atoms with Crippen LogP contribution in [0.5, 0.6) is 0 Å². The fourth-order valence-corrected chi connectivity index (χ4v) is 1.38. The molecule has 0 aliphatic carbocycles. The quantitative estimate of drug-likeness (QED) is 0.436. The first-order chi connectivity index (χ1) is 7.50. The average molecular weight is 230 g/mol. The fourth-order valence-electron chi connectivity index (χ4n) is 1.38. The predicted molar refractivity (Wildman–Crippen MR) is 56.2 cm³/mol. The van der Waals surface area contributed by atoms with Crippen LogP contribution in [-0.4, -0.2) is 30.4 Å². The van der Waals surface area contributed by atoms with Gasteiger partial charge in [-0.1, -0.05) is 6.92 Å². The summed E-state index contributed by atoms with van der Waals surface area (Å²) < 4.78 is 5.08. The third-order valence-electron chi connectivity index (χ3n) is 2.32. The second-order valence-corrected chi connectivity index (χ2v) is 4.18. The van der Waals surface area contributed by atoms with Crippen molar-refractivity contribution in [2.45, 2.75) is 33.3 Å². The summed E-state index contributed by atoms with van der Waals surface area (Å²) in [5.74, 6) is 0.268. The Balaban J connectivity index is 2.29. The van der Waals surface area contributed by atoms with Gasteiger partial charge in [0.1, 0.15) is 0 Å². The molecule has 1 aliphatic heterocycles. The minimum atomic E-state index is -0.393. The van der Waals surface area contributed by atoms with Crippen molar-refractivity contribution in [2.24, 2.45) is 5.92 Å². The zero-order valence-electron chi connectivity index (χ0n) is 9.86. The lowest BCUT2D eigenvalue weighted by molar-refractivity contribution is -0.337. The number of ether oxygens (including phenoxy) is 1. The Hall–Kier alpha value is -1.07. The molecule has 1 aliphatic rings. The van der Waals surface area contributed by atoms with Crippen molar-refractivity contribution in [1.82, 2.24) is 0 Å². The molecule has 1 heterocycles. The van der Waals surface area contributed by atoms with Crippen LogP contribution in [0.25, 0.3) is 0 Å². The lowest BCUT2D eigenvalue weighted by Crippen LogP contribution is -2.21. The topological polar surface area (TPSA) is 65.0 Å². The summed E-state index contributed by atoms with van der Waals surface area (Å²) in [5.41, 5.74) is 0.440. The fraction of sp³-hybridized carbons (Fsp3) is 0.727. The number of aliphatic hydroxyl groups excluding tert-OH is 1. The summed E-state index contributed by atoms with van der Waals surface area (Å²) in [5, 5.41) is 9.15. The van der Waals surface area contributed by atoms with Crippen LogP contribution in [0.2, 0.25) is 0 Å². The minimum absolute atomic E-state index is 0.139. The van der Waals surface area contributed by atoms with Gasteiger partial charge in [-0.2, -0.15) is 4.89 Å². The lowest BCUT2D eigenvalue weighted by atomic mass is 10.1. The van der Waals surface area contributed by atoms with Crippen molar-refractivity contribution in [2.75, 3.05) is 13.2 Å². The molecule has 0 amide bonds. The minimum Gasteiger partial charge on any atom is -0.462 e. The van der Waals surface area contributed by atoms with E-state index in [1.54, 1.807) is 13.8 Å². The van der Waals surface area contributed by atoms with Gasteiger partial charge in [-0.05, 0) is 26.2 Å². The van der Waals surface area contributed by atoms with E-state index in [2.05, 4.69) is 9.78 Å². The largest absolute Gasteiger partial charge is 0.462 e. The number of hydrogen-bond donors (Lipinski definition) is 1. The van der Waals surface area contributed by atoms with E-state index in [4.69, 9.17) is 9.84 Å². The van der Waals surface area contributed by atoms with Gasteiger partial charge in [0.05, 0.1) is 18.3 Å². The Morgan fingerprint density at radius 2 is 2.19 bits per heavy atom. The van der Waals surface area contributed by atoms with E-state index in [0.29, 0.717) is 31.0 Å². The summed E-state index contributed by atoms with van der Waals surface area (Å²) in [6, 6.07) is 0. The molecule has 1 fully saturated rings. The monoisotopic (exact) mass is 230 g/mol. The zero-order chi connectivity index (χ0) is 12.1. The molecule has 1 saturated heterocycles. The lowest BCUT2D eigenvalue weighted by Gasteiger charge is -2.19. The normalized spacial score (nSPS) is 21.5. The van der Waals surface area contributed by atoms with Gasteiger partial charge in [0.2, 0.25) is 0 Å². The highest BCUT2D eigenvalue weighted by atomic mass is 17.2. The molecule has 0 radical (unpaired) electrons. The van der Waals surface area contributed by atoms with E-state index in [-0.39, 0.29) is 12.0 Å². The number of hydrogen-bond acceptors (Lipinski definition) is 5. The van der Waals surface area contributed by atoms with Crippen molar-refractivity contribution in [1.29, 1.82) is 0 Å². The molecule has 0 spiro atoms. The van der Waals surface area contributed by atoms with Crippen LogP contribution in [0.1, 0.15) is 27.2 Å². The zero-order valence-corrected chi connectivity index (χ0v) is 9.86. The van der Waals surface area contributed by atoms with Crippen LogP contribution >= 0.6 is 0 Å². The van der Waals surface area contributed by atoms with Crippen LogP contribution in [0.3, 0.4) is 0 Å². The maximum absolute atomic E-state index is 11.5. The van der Waals surface area contributed by atoms with E-state index in [0.717, 1.165) is 0 Å². The van der Waals surface area contributed by atoms with Crippen molar-refractivity contribution in [3.05, 3.63) is 11.3 Å². The van der Waals surface area contributed by atoms with Gasteiger partial charge >= 0.3 is 5.97 Å². The third kappa shape index (κ3) is 3.83. The summed E-state index contributed by atoms with van der Waals surface area (Å²) in [6.45, 7) is 5.90. The van der Waals surface area contributed by atoms with Crippen molar-refractivity contribution in [3.63, 3.8) is 0 Å². The molecule has 5 heteroatoms. The van der Waals surface area contributed by atoms with Gasteiger partial charge in [0.15, 0.2) is 12.4 Å². The van der Waals surface area contributed by atoms with Gasteiger partial charge in [0.25, 0.3) is 0 Å². The molecule has 16 heavy (non-hydrogen) atoms. The molecule has 2 atom stereocenters. The SMILES string of the molecule is C/C(C(=O)OCC(C)CC(C)O)=C1\COO1. The Morgan fingerprint density at radius 3 is 2.62 bits per heavy atom. The first-order valence-electron chi connectivity index (χ1n) is 5.35. The standard InChI is InChI=1S/C11H18O5/c1-7(4-8(2)12)5-14-11(13)9(3)10-6-15-16-10/h7-8,12H,4-6H2,1-3H3/b10-9-. The molecule has 0 saturated carbocycles. The van der Waals surface area contributed by atoms with Crippen LogP contribution in [0.15, 0.2) is 11.3 Å². The number of carbonyl (C=O) groups is 1. The highest BCUT2D eigenvalue weighted by Crippen LogP contribution is 2.17. The Bertz CT molecular complexity index is 276. The molecular formula is C11H18O5. The van der Waals surface area contributed by atoms with E-state index >= 15 is 0 Å². The molecule has 1 rings (SSSR count). The number of esters is 1. The Labute approximate surface area is 94.9 Å². The van der Waals surface area contributed by atoms with Gasteiger partial charge in [0, 0.05) is 0 Å². The second-order valence-electron chi connectivity index (χ2n) is 4.18. The van der Waals surface area contributed by atoms with Crippen LogP contribution in [0.4, 0.5) is 0 Å². The number of aliphatic hydroxyl groups is 1. The molecule has 0 aromatic heterocycles. The van der Waals surface area contributed by atoms with Crippen LogP contribution in [0, 0.1) is 5.92 Å². The molecule has 1 N–H and O–H groups in total. The van der Waals surface area contributed by atoms with E-state index < -0.39 is 5.97 Å². The Morgan fingerprint density at radius 1 is 1.56 bits per heavy atom. The highest BCUT2D eigenvalue weighted by Gasteiger charge is 2.22. The predicted octanol–water partition coefficient (Wildman–Crippen LogP) is 1.17. The maximum Gasteiger partial charge on any atom is 0.337 e. The van der Waals surface area contributed by atoms with Gasteiger partial charge in [-0.25, -0.2) is 4.79 Å². The van der Waals surface area contributed by atoms with Gasteiger partial charge in [-0.15, -0.1) is 0 Å². The number of rotatable bonds is 5. The summed E-state index contributed by atoms with van der Waals surface area (Å²) in [7, 11) is 0. The van der Waals surface area contributed by atoms with Crippen molar-refractivity contribution < 1.29 is 24.4 Å². The molecule has 0 bridgehead atoms. The molecule has 0 aromatic rings.